The first-order valence-corrected chi connectivity index (χ1v) is 8.30. The average molecular weight is 337 g/mol. The van der Waals surface area contributed by atoms with Gasteiger partial charge in [-0.05, 0) is 40.8 Å². The molecule has 3 N–H and O–H groups in total. The lowest BCUT2D eigenvalue weighted by Gasteiger charge is -2.31. The van der Waals surface area contributed by atoms with Gasteiger partial charge in [-0.3, -0.25) is 4.79 Å². The molecule has 3 amide bonds. The molecule has 0 saturated carbocycles. The molecular formula is C19H19N3O3. The molecule has 0 radical (unpaired) electrons. The van der Waals surface area contributed by atoms with Crippen LogP contribution in [0.5, 0.6) is 0 Å². The van der Waals surface area contributed by atoms with E-state index >= 15 is 0 Å². The van der Waals surface area contributed by atoms with E-state index in [9.17, 15) is 9.59 Å². The summed E-state index contributed by atoms with van der Waals surface area (Å²) in [4.78, 5) is 25.3. The fourth-order valence-corrected chi connectivity index (χ4v) is 3.43. The van der Waals surface area contributed by atoms with E-state index in [0.29, 0.717) is 13.2 Å². The lowest BCUT2D eigenvalue weighted by Crippen LogP contribution is -2.51. The molecule has 0 spiro atoms. The van der Waals surface area contributed by atoms with Gasteiger partial charge in [-0.2, -0.15) is 0 Å². The first kappa shape index (κ1) is 15.7. The van der Waals surface area contributed by atoms with Crippen molar-refractivity contribution in [1.29, 1.82) is 0 Å². The second-order valence-corrected chi connectivity index (χ2v) is 6.34. The zero-order chi connectivity index (χ0) is 17.4. The molecule has 6 nitrogen and oxygen atoms in total. The fourth-order valence-electron chi connectivity index (χ4n) is 3.43. The van der Waals surface area contributed by atoms with Crippen LogP contribution >= 0.6 is 0 Å². The predicted octanol–water partition coefficient (Wildman–Crippen LogP) is 1.98. The number of fused-ring (bicyclic) bond motifs is 3. The monoisotopic (exact) mass is 337 g/mol. The zero-order valence-corrected chi connectivity index (χ0v) is 13.7. The second kappa shape index (κ2) is 6.22. The van der Waals surface area contributed by atoms with Gasteiger partial charge in [-0.25, -0.2) is 4.79 Å². The van der Waals surface area contributed by atoms with Crippen LogP contribution in [-0.4, -0.2) is 42.6 Å². The number of anilines is 1. The third kappa shape index (κ3) is 2.96. The number of nitrogens with one attached hydrogen (secondary N) is 1. The van der Waals surface area contributed by atoms with Crippen molar-refractivity contribution in [3.8, 4) is 11.1 Å². The van der Waals surface area contributed by atoms with Crippen LogP contribution in [0.15, 0.2) is 42.5 Å². The molecule has 1 heterocycles. The summed E-state index contributed by atoms with van der Waals surface area (Å²) in [5.74, 6) is -0.548. The number of ether oxygens (including phenoxy) is 1. The van der Waals surface area contributed by atoms with Gasteiger partial charge in [0.25, 0.3) is 0 Å². The van der Waals surface area contributed by atoms with E-state index in [0.717, 1.165) is 12.1 Å². The maximum absolute atomic E-state index is 12.5. The molecule has 1 atom stereocenters. The van der Waals surface area contributed by atoms with Crippen molar-refractivity contribution in [1.82, 2.24) is 4.90 Å². The fraction of sp³-hybridized carbons (Fsp3) is 0.263. The van der Waals surface area contributed by atoms with Crippen molar-refractivity contribution in [2.24, 2.45) is 5.73 Å². The van der Waals surface area contributed by atoms with E-state index in [1.54, 1.807) is 4.90 Å². The van der Waals surface area contributed by atoms with Crippen molar-refractivity contribution in [3.63, 3.8) is 0 Å². The number of amides is 3. The third-order valence-corrected chi connectivity index (χ3v) is 4.72. The van der Waals surface area contributed by atoms with E-state index in [2.05, 4.69) is 17.4 Å². The summed E-state index contributed by atoms with van der Waals surface area (Å²) in [5, 5.41) is 2.91. The maximum Gasteiger partial charge on any atom is 0.322 e. The van der Waals surface area contributed by atoms with Crippen LogP contribution < -0.4 is 11.1 Å². The highest BCUT2D eigenvalue weighted by molar-refractivity contribution is 5.91. The number of hydrogen-bond acceptors (Lipinski definition) is 3. The molecule has 2 aromatic rings. The Morgan fingerprint density at radius 3 is 2.76 bits per heavy atom. The van der Waals surface area contributed by atoms with Crippen molar-refractivity contribution in [3.05, 3.63) is 53.6 Å². The largest absolute Gasteiger partial charge is 0.367 e. The molecule has 6 heteroatoms. The normalized spacial score (nSPS) is 18.4. The number of benzene rings is 2. The molecule has 1 unspecified atom stereocenters. The van der Waals surface area contributed by atoms with Gasteiger partial charge in [0.2, 0.25) is 5.91 Å². The van der Waals surface area contributed by atoms with Crippen molar-refractivity contribution >= 4 is 17.6 Å². The molecule has 1 aliphatic heterocycles. The number of nitrogens with two attached hydrogens (primary N) is 1. The SMILES string of the molecule is NC(=O)C1CN(C(=O)Nc2ccc3c(c2)Cc2ccccc2-3)CCO1. The van der Waals surface area contributed by atoms with Crippen LogP contribution in [-0.2, 0) is 16.0 Å². The number of nitrogens with zero attached hydrogens (tertiary/aromatic N) is 1. The Labute approximate surface area is 145 Å². The van der Waals surface area contributed by atoms with E-state index in [4.69, 9.17) is 10.5 Å². The molecule has 2 aromatic carbocycles. The first-order chi connectivity index (χ1) is 12.1. The van der Waals surface area contributed by atoms with Gasteiger partial charge in [-0.15, -0.1) is 0 Å². The summed E-state index contributed by atoms with van der Waals surface area (Å²) in [6, 6.07) is 14.1. The molecule has 1 saturated heterocycles. The smallest absolute Gasteiger partial charge is 0.322 e. The van der Waals surface area contributed by atoms with Gasteiger partial charge in [0, 0.05) is 12.2 Å². The predicted molar refractivity (Wildman–Crippen MR) is 94.2 cm³/mol. The van der Waals surface area contributed by atoms with Gasteiger partial charge in [-0.1, -0.05) is 30.3 Å². The summed E-state index contributed by atoms with van der Waals surface area (Å²) in [6.07, 6.45) is 0.130. The molecule has 1 aliphatic carbocycles. The van der Waals surface area contributed by atoms with Gasteiger partial charge >= 0.3 is 6.03 Å². The minimum Gasteiger partial charge on any atom is -0.367 e. The highest BCUT2D eigenvalue weighted by Crippen LogP contribution is 2.37. The Balaban J connectivity index is 1.48. The van der Waals surface area contributed by atoms with Crippen LogP contribution in [0.25, 0.3) is 11.1 Å². The van der Waals surface area contributed by atoms with Gasteiger partial charge in [0.15, 0.2) is 6.10 Å². The highest BCUT2D eigenvalue weighted by atomic mass is 16.5. The van der Waals surface area contributed by atoms with Crippen LogP contribution in [0.4, 0.5) is 10.5 Å². The van der Waals surface area contributed by atoms with E-state index in [-0.39, 0.29) is 12.6 Å². The number of urea groups is 1. The van der Waals surface area contributed by atoms with Crippen LogP contribution in [0.1, 0.15) is 11.1 Å². The topological polar surface area (TPSA) is 84.7 Å². The quantitative estimate of drug-likeness (QED) is 0.750. The van der Waals surface area contributed by atoms with Gasteiger partial charge in [0.05, 0.1) is 13.2 Å². The van der Waals surface area contributed by atoms with E-state index in [1.807, 2.05) is 30.3 Å². The number of rotatable bonds is 2. The van der Waals surface area contributed by atoms with Gasteiger partial charge in [0.1, 0.15) is 0 Å². The standard InChI is InChI=1S/C19H19N3O3/c20-18(23)17-11-22(7-8-25-17)19(24)21-14-5-6-16-13(10-14)9-12-3-1-2-4-15(12)16/h1-6,10,17H,7-9,11H2,(H2,20,23)(H,21,24). The molecule has 4 rings (SSSR count). The number of carbonyl (C=O) groups excluding carboxylic acids is 2. The minimum atomic E-state index is -0.742. The van der Waals surface area contributed by atoms with Crippen molar-refractivity contribution < 1.29 is 14.3 Å². The highest BCUT2D eigenvalue weighted by Gasteiger charge is 2.28. The summed E-state index contributed by atoms with van der Waals surface area (Å²) in [7, 11) is 0. The summed E-state index contributed by atoms with van der Waals surface area (Å²) in [5.41, 5.74) is 11.0. The second-order valence-electron chi connectivity index (χ2n) is 6.34. The molecule has 128 valence electrons. The zero-order valence-electron chi connectivity index (χ0n) is 13.7. The lowest BCUT2D eigenvalue weighted by molar-refractivity contribution is -0.133. The molecule has 0 aromatic heterocycles. The van der Waals surface area contributed by atoms with Crippen LogP contribution in [0.2, 0.25) is 0 Å². The number of hydrogen-bond donors (Lipinski definition) is 2. The Morgan fingerprint density at radius 1 is 1.12 bits per heavy atom. The first-order valence-electron chi connectivity index (χ1n) is 8.30. The number of morpholine rings is 1. The van der Waals surface area contributed by atoms with Gasteiger partial charge < -0.3 is 20.7 Å². The molecular weight excluding hydrogens is 318 g/mol. The molecule has 25 heavy (non-hydrogen) atoms. The number of carbonyl (C=O) groups is 2. The van der Waals surface area contributed by atoms with Crippen LogP contribution in [0, 0.1) is 0 Å². The maximum atomic E-state index is 12.5. The Hall–Kier alpha value is -2.86. The molecule has 0 bridgehead atoms. The lowest BCUT2D eigenvalue weighted by atomic mass is 10.1. The Morgan fingerprint density at radius 2 is 1.92 bits per heavy atom. The third-order valence-electron chi connectivity index (χ3n) is 4.72. The van der Waals surface area contributed by atoms with Crippen molar-refractivity contribution in [2.45, 2.75) is 12.5 Å². The van der Waals surface area contributed by atoms with E-state index in [1.165, 1.54) is 22.3 Å². The van der Waals surface area contributed by atoms with Crippen LogP contribution in [0.3, 0.4) is 0 Å². The Kier molecular flexibility index (Phi) is 3.89. The summed E-state index contributed by atoms with van der Waals surface area (Å²) < 4.78 is 5.27. The van der Waals surface area contributed by atoms with E-state index < -0.39 is 12.0 Å². The Bertz CT molecular complexity index is 850. The van der Waals surface area contributed by atoms with Crippen molar-refractivity contribution in [2.75, 3.05) is 25.0 Å². The summed E-state index contributed by atoms with van der Waals surface area (Å²) in [6.45, 7) is 0.921. The average Bonchev–Trinajstić information content (AvgIpc) is 2.99. The molecule has 1 fully saturated rings. The molecule has 2 aliphatic rings. The summed E-state index contributed by atoms with van der Waals surface area (Å²) >= 11 is 0. The minimum absolute atomic E-state index is 0.178. The number of primary amides is 1.